The number of rotatable bonds is 18. The van der Waals surface area contributed by atoms with Crippen LogP contribution in [0.25, 0.3) is 0 Å². The molecule has 0 aliphatic rings. The fourth-order valence-corrected chi connectivity index (χ4v) is 4.25. The van der Waals surface area contributed by atoms with Gasteiger partial charge in [0.05, 0.1) is 6.54 Å². The Morgan fingerprint density at radius 2 is 0.862 bits per heavy atom. The van der Waals surface area contributed by atoms with E-state index in [9.17, 15) is 29.7 Å². The van der Waals surface area contributed by atoms with Crippen LogP contribution in [0.5, 0.6) is 0 Å². The summed E-state index contributed by atoms with van der Waals surface area (Å²) >= 11 is 0. The zero-order valence-electron chi connectivity index (χ0n) is 18.7. The quantitative estimate of drug-likeness (QED) is 0.223. The van der Waals surface area contributed by atoms with Crippen LogP contribution in [0.3, 0.4) is 0 Å². The number of carbonyl (C=O) groups is 3. The van der Waals surface area contributed by atoms with Gasteiger partial charge in [-0.05, 0) is 33.6 Å². The van der Waals surface area contributed by atoms with Crippen LogP contribution in [0.15, 0.2) is 0 Å². The predicted octanol–water partition coefficient (Wildman–Crippen LogP) is 4.53. The number of hydrogen-bond acceptors (Lipinski definition) is 3. The highest BCUT2D eigenvalue weighted by molar-refractivity contribution is 5.77. The molecule has 29 heavy (non-hydrogen) atoms. The molecule has 3 unspecified atom stereocenters. The maximum atomic E-state index is 11.7. The molecule has 3 N–H and O–H groups in total. The maximum absolute atomic E-state index is 11.7. The number of carboxylic acids is 3. The van der Waals surface area contributed by atoms with Gasteiger partial charge in [0.25, 0.3) is 0 Å². The molecule has 170 valence electrons. The van der Waals surface area contributed by atoms with Crippen molar-refractivity contribution in [1.82, 2.24) is 0 Å². The second kappa shape index (κ2) is 14.4. The molecule has 0 fully saturated rings. The van der Waals surface area contributed by atoms with E-state index in [0.717, 1.165) is 19.3 Å². The first kappa shape index (κ1) is 27.4. The van der Waals surface area contributed by atoms with E-state index in [0.29, 0.717) is 6.42 Å². The van der Waals surface area contributed by atoms with Gasteiger partial charge in [-0.2, -0.15) is 0 Å². The lowest BCUT2D eigenvalue weighted by molar-refractivity contribution is -0.968. The molecule has 0 aliphatic carbocycles. The largest absolute Gasteiger partial charge is 0.477 e. The van der Waals surface area contributed by atoms with Gasteiger partial charge in [-0.15, -0.1) is 0 Å². The summed E-state index contributed by atoms with van der Waals surface area (Å²) in [6, 6.07) is -3.35. The molecule has 0 spiro atoms. The molecular formula is C22H42NO6+. The molecule has 3 atom stereocenters. The minimum atomic E-state index is -1.17. The summed E-state index contributed by atoms with van der Waals surface area (Å²) in [6.45, 7) is 6.68. The third-order valence-corrected chi connectivity index (χ3v) is 6.38. The average molecular weight is 417 g/mol. The van der Waals surface area contributed by atoms with Crippen molar-refractivity contribution in [2.75, 3.05) is 6.54 Å². The summed E-state index contributed by atoms with van der Waals surface area (Å²) in [7, 11) is 0. The molecule has 0 radical (unpaired) electrons. The van der Waals surface area contributed by atoms with Gasteiger partial charge < -0.3 is 15.3 Å². The van der Waals surface area contributed by atoms with Crippen molar-refractivity contribution < 1.29 is 34.2 Å². The summed E-state index contributed by atoms with van der Waals surface area (Å²) in [5, 5.41) is 28.7. The second-order valence-electron chi connectivity index (χ2n) is 8.30. The van der Waals surface area contributed by atoms with Crippen molar-refractivity contribution in [2.45, 2.75) is 116 Å². The van der Waals surface area contributed by atoms with Crippen LogP contribution in [-0.4, -0.2) is 62.4 Å². The molecule has 0 rings (SSSR count). The lowest BCUT2D eigenvalue weighted by Crippen LogP contribution is -2.70. The molecule has 7 nitrogen and oxygen atoms in total. The van der Waals surface area contributed by atoms with Crippen LogP contribution in [0.4, 0.5) is 0 Å². The first-order valence-electron chi connectivity index (χ1n) is 11.2. The van der Waals surface area contributed by atoms with Crippen molar-refractivity contribution in [2.24, 2.45) is 0 Å². The molecule has 0 heterocycles. The van der Waals surface area contributed by atoms with Crippen molar-refractivity contribution >= 4 is 17.9 Å². The van der Waals surface area contributed by atoms with Gasteiger partial charge in [0.15, 0.2) is 18.1 Å². The first-order valence-corrected chi connectivity index (χ1v) is 11.2. The SMILES string of the molecule is CCCCCCCCCCCCC[N+](C(C)C(=O)O)(C(C)C(=O)O)C(C)C(=O)O. The van der Waals surface area contributed by atoms with E-state index in [-0.39, 0.29) is 6.54 Å². The van der Waals surface area contributed by atoms with E-state index in [1.165, 1.54) is 65.7 Å². The molecular weight excluding hydrogens is 374 g/mol. The molecule has 0 amide bonds. The fourth-order valence-electron chi connectivity index (χ4n) is 4.25. The molecule has 0 bridgehead atoms. The number of hydrogen-bond donors (Lipinski definition) is 3. The predicted molar refractivity (Wildman–Crippen MR) is 113 cm³/mol. The normalized spacial score (nSPS) is 16.6. The Bertz CT molecular complexity index is 457. The monoisotopic (exact) mass is 416 g/mol. The van der Waals surface area contributed by atoms with Gasteiger partial charge >= 0.3 is 17.9 Å². The van der Waals surface area contributed by atoms with Gasteiger partial charge in [-0.25, -0.2) is 14.4 Å². The van der Waals surface area contributed by atoms with E-state index >= 15 is 0 Å². The standard InChI is InChI=1S/C22H41NO6/c1-5-6-7-8-9-10-11-12-13-14-15-16-23(17(2)20(24)25,18(3)21(26)27)19(4)22(28)29/h17-19H,5-16H2,1-4H3,(H2-,24,25,26,27,28,29)/p+1. The van der Waals surface area contributed by atoms with Gasteiger partial charge in [0, 0.05) is 0 Å². The van der Waals surface area contributed by atoms with Gasteiger partial charge in [0.1, 0.15) is 0 Å². The number of nitrogens with zero attached hydrogens (tertiary/aromatic N) is 1. The van der Waals surface area contributed by atoms with Crippen molar-refractivity contribution in [1.29, 1.82) is 0 Å². The van der Waals surface area contributed by atoms with Crippen LogP contribution in [0, 0.1) is 0 Å². The van der Waals surface area contributed by atoms with Crippen molar-refractivity contribution in [3.8, 4) is 0 Å². The van der Waals surface area contributed by atoms with Crippen molar-refractivity contribution in [3.05, 3.63) is 0 Å². The Hall–Kier alpha value is -1.63. The molecule has 7 heteroatoms. The number of carboxylic acid groups (broad SMARTS) is 3. The highest BCUT2D eigenvalue weighted by Crippen LogP contribution is 2.27. The maximum Gasteiger partial charge on any atom is 0.362 e. The second-order valence-corrected chi connectivity index (χ2v) is 8.30. The van der Waals surface area contributed by atoms with E-state index in [2.05, 4.69) is 6.92 Å². The van der Waals surface area contributed by atoms with Crippen LogP contribution >= 0.6 is 0 Å². The topological polar surface area (TPSA) is 112 Å². The Morgan fingerprint density at radius 1 is 0.586 bits per heavy atom. The van der Waals surface area contributed by atoms with Gasteiger partial charge in [-0.3, -0.25) is 4.48 Å². The Balaban J connectivity index is 4.76. The lowest BCUT2D eigenvalue weighted by atomic mass is 10.00. The van der Waals surface area contributed by atoms with Crippen molar-refractivity contribution in [3.63, 3.8) is 0 Å². The van der Waals surface area contributed by atoms with E-state index in [1.807, 2.05) is 0 Å². The highest BCUT2D eigenvalue weighted by Gasteiger charge is 2.52. The molecule has 0 aromatic rings. The zero-order valence-corrected chi connectivity index (χ0v) is 18.7. The first-order chi connectivity index (χ1) is 13.6. The average Bonchev–Trinajstić information content (AvgIpc) is 2.67. The van der Waals surface area contributed by atoms with Crippen LogP contribution < -0.4 is 0 Å². The molecule has 0 saturated heterocycles. The Morgan fingerprint density at radius 3 is 1.14 bits per heavy atom. The molecule has 0 aromatic heterocycles. The lowest BCUT2D eigenvalue weighted by Gasteiger charge is -2.47. The summed E-state index contributed by atoms with van der Waals surface area (Å²) in [4.78, 5) is 35.1. The minimum absolute atomic E-state index is 0.228. The van der Waals surface area contributed by atoms with Crippen LogP contribution in [0.1, 0.15) is 98.3 Å². The Kier molecular flexibility index (Phi) is 13.6. The van der Waals surface area contributed by atoms with E-state index in [1.54, 1.807) is 0 Å². The molecule has 0 saturated carbocycles. The number of quaternary nitrogens is 1. The smallest absolute Gasteiger partial charge is 0.362 e. The summed E-state index contributed by atoms with van der Waals surface area (Å²) in [6.07, 6.45) is 12.4. The van der Waals surface area contributed by atoms with E-state index in [4.69, 9.17) is 0 Å². The van der Waals surface area contributed by atoms with E-state index < -0.39 is 40.5 Å². The molecule has 0 aromatic carbocycles. The summed E-state index contributed by atoms with van der Waals surface area (Å²) in [5.74, 6) is -3.52. The number of unbranched alkanes of at least 4 members (excludes halogenated alkanes) is 10. The summed E-state index contributed by atoms with van der Waals surface area (Å²) < 4.78 is -0.475. The summed E-state index contributed by atoms with van der Waals surface area (Å²) in [5.41, 5.74) is 0. The van der Waals surface area contributed by atoms with Crippen LogP contribution in [-0.2, 0) is 14.4 Å². The van der Waals surface area contributed by atoms with Crippen LogP contribution in [0.2, 0.25) is 0 Å². The van der Waals surface area contributed by atoms with Gasteiger partial charge in [-0.1, -0.05) is 64.7 Å². The Labute approximate surface area is 175 Å². The third-order valence-electron chi connectivity index (χ3n) is 6.38. The molecule has 0 aliphatic heterocycles. The zero-order chi connectivity index (χ0) is 22.4. The van der Waals surface area contributed by atoms with Gasteiger partial charge in [0.2, 0.25) is 0 Å². The minimum Gasteiger partial charge on any atom is -0.477 e. The fraction of sp³-hybridized carbons (Fsp3) is 0.864. The third kappa shape index (κ3) is 8.72. The number of aliphatic carboxylic acids is 3. The highest BCUT2D eigenvalue weighted by atomic mass is 16.4.